The molecule has 0 N–H and O–H groups in total. The molecule has 0 spiro atoms. The maximum absolute atomic E-state index is 3.48. The van der Waals surface area contributed by atoms with E-state index in [0.29, 0.717) is 5.92 Å². The zero-order valence-electron chi connectivity index (χ0n) is 46.5. The Labute approximate surface area is 488 Å². The van der Waals surface area contributed by atoms with Crippen LogP contribution >= 0.6 is 0 Å². The van der Waals surface area contributed by atoms with Crippen molar-refractivity contribution < 1.29 is 32.7 Å². The first-order chi connectivity index (χ1) is 37.8. The molecular weight excluding hydrogens is 1010 g/mol. The molecule has 12 aromatic rings. The van der Waals surface area contributed by atoms with Gasteiger partial charge in [-0.1, -0.05) is 243 Å². The molecule has 1 radical (unpaired) electrons. The van der Waals surface area contributed by atoms with Gasteiger partial charge in [-0.2, -0.15) is 0 Å². The summed E-state index contributed by atoms with van der Waals surface area (Å²) in [6.45, 7) is 15.4. The second-order valence-corrected chi connectivity index (χ2v) is 20.9. The van der Waals surface area contributed by atoms with Crippen LogP contribution in [0.3, 0.4) is 0 Å². The van der Waals surface area contributed by atoms with Crippen molar-refractivity contribution in [2.24, 2.45) is 0 Å². The van der Waals surface area contributed by atoms with E-state index in [-0.39, 0.29) is 32.7 Å². The summed E-state index contributed by atoms with van der Waals surface area (Å²) in [7, 11) is 0. The Morgan fingerprint density at radius 2 is 1.01 bits per heavy atom. The maximum Gasteiger partial charge on any atom is 0 e. The summed E-state index contributed by atoms with van der Waals surface area (Å²) >= 11 is 0. The van der Waals surface area contributed by atoms with Gasteiger partial charge in [0.15, 0.2) is 0 Å². The molecule has 0 aliphatic heterocycles. The van der Waals surface area contributed by atoms with Gasteiger partial charge in [-0.05, 0) is 140 Å². The Bertz CT molecular complexity index is 4120. The van der Waals surface area contributed by atoms with E-state index in [2.05, 4.69) is 273 Å². The third kappa shape index (κ3) is 10.7. The molecule has 0 aromatic heterocycles. The van der Waals surface area contributed by atoms with Gasteiger partial charge in [0.05, 0.1) is 0 Å². The van der Waals surface area contributed by atoms with Gasteiger partial charge in [-0.25, -0.2) is 0 Å². The molecule has 381 valence electrons. The van der Waals surface area contributed by atoms with Gasteiger partial charge in [-0.3, -0.25) is 0 Å². The van der Waals surface area contributed by atoms with Crippen LogP contribution in [0.5, 0.6) is 0 Å². The van der Waals surface area contributed by atoms with Crippen LogP contribution in [0.2, 0.25) is 0 Å². The molecule has 3 aliphatic rings. The molecule has 0 bridgehead atoms. The van der Waals surface area contributed by atoms with Crippen molar-refractivity contribution in [2.75, 3.05) is 0 Å². The number of benzene rings is 12. The predicted molar refractivity (Wildman–Crippen MR) is 336 cm³/mol. The minimum atomic E-state index is 0. The van der Waals surface area contributed by atoms with Crippen molar-refractivity contribution in [1.29, 1.82) is 0 Å². The van der Waals surface area contributed by atoms with Crippen LogP contribution in [0.1, 0.15) is 89.2 Å². The van der Waals surface area contributed by atoms with Crippen molar-refractivity contribution in [3.8, 4) is 0 Å². The van der Waals surface area contributed by atoms with Gasteiger partial charge >= 0.3 is 0 Å². The van der Waals surface area contributed by atoms with Gasteiger partial charge < -0.3 is 0 Å². The van der Waals surface area contributed by atoms with Crippen molar-refractivity contribution in [3.05, 3.63) is 291 Å². The normalized spacial score (nSPS) is 13.6. The van der Waals surface area contributed by atoms with E-state index >= 15 is 0 Å². The molecule has 12 aromatic carbocycles. The fraction of sp³-hybridized carbons (Fsp3) is 0.169. The van der Waals surface area contributed by atoms with Gasteiger partial charge in [0.25, 0.3) is 0 Å². The molecule has 1 unspecified atom stereocenters. The fourth-order valence-electron chi connectivity index (χ4n) is 12.5. The standard InChI is InChI=1S/C18H14.C17H16.C16H11.C16H13.C10H14.Y/c1-2-12-6-7-15-9-8-13-4-3-5-14-10-11-16(12)18(15)17(13)14;1-3-13-16-10-6-4-8-14(16)12(2)15-9-5-7-11-17(13)15;1-3-11-7-9-13-5-2-6-14-10-8-12(4-1)15(11)16(13)14;1-2-14-15-9-5-3-7-12(15)11-13-8-4-6-10-16(13)14;1-4-10-6-8(2)5-9(3)7-10;/h3-11H,2H2,1H3;4-11H,3H2,1-2H3;1-5,7-8,10,15H,9H2;3-10H,2H2,1H3;5-7H,4H2,1-3H3;/q;;2*-1;;. The smallest absolute Gasteiger partial charge is 0 e. The molecule has 15 rings (SSSR count). The molecule has 0 saturated heterocycles. The number of allylic oxidation sites excluding steroid dienone is 7. The molecule has 0 saturated carbocycles. The van der Waals surface area contributed by atoms with Crippen LogP contribution in [0.25, 0.3) is 81.5 Å². The SMILES string of the molecule is CCc1c2ccccc2[c-]c2ccccc12.CCc1c2ccccc2c(C)c2ccccc12.CCc1cc(C)cc(C)c1.CCc1ccc2ccc3cccc4ccc1c2c34.[Y].[c-]1ccc2c3c1C=CC1=CC=CC(=CC2)C13. The van der Waals surface area contributed by atoms with Crippen LogP contribution in [0, 0.1) is 32.9 Å². The summed E-state index contributed by atoms with van der Waals surface area (Å²) in [5.74, 6) is 0.478. The number of rotatable bonds is 4. The predicted octanol–water partition coefficient (Wildman–Crippen LogP) is 20.8. The number of aryl methyl sites for hydroxylation is 7. The number of hydrogen-bond acceptors (Lipinski definition) is 0. The van der Waals surface area contributed by atoms with Crippen LogP contribution in [0.4, 0.5) is 0 Å². The molecule has 0 amide bonds. The topological polar surface area (TPSA) is 0 Å². The largest absolute Gasteiger partial charge is 0.147 e. The van der Waals surface area contributed by atoms with Gasteiger partial charge in [0.1, 0.15) is 0 Å². The molecule has 1 atom stereocenters. The quantitative estimate of drug-likeness (QED) is 0.0936. The summed E-state index contributed by atoms with van der Waals surface area (Å²) in [5.41, 5.74) is 17.0. The Balaban J connectivity index is 0.000000111. The molecule has 0 heterocycles. The van der Waals surface area contributed by atoms with E-state index in [0.717, 1.165) is 32.1 Å². The zero-order chi connectivity index (χ0) is 53.0. The molecule has 0 nitrogen and oxygen atoms in total. The molecular formula is C77H68Y-2. The van der Waals surface area contributed by atoms with Crippen molar-refractivity contribution in [1.82, 2.24) is 0 Å². The van der Waals surface area contributed by atoms with E-state index in [1.807, 2.05) is 6.07 Å². The average Bonchev–Trinajstić information content (AvgIpc) is 3.64. The van der Waals surface area contributed by atoms with Crippen LogP contribution in [-0.2, 0) is 64.8 Å². The van der Waals surface area contributed by atoms with E-state index in [1.165, 1.54) is 142 Å². The second kappa shape index (κ2) is 24.2. The first-order valence-corrected chi connectivity index (χ1v) is 28.0. The van der Waals surface area contributed by atoms with Gasteiger partial charge in [0.2, 0.25) is 0 Å². The van der Waals surface area contributed by atoms with E-state index in [1.54, 1.807) is 0 Å². The molecule has 3 aliphatic carbocycles. The molecule has 1 heteroatoms. The molecule has 78 heavy (non-hydrogen) atoms. The second-order valence-electron chi connectivity index (χ2n) is 20.9. The van der Waals surface area contributed by atoms with Gasteiger partial charge in [-0.15, -0.1) is 76.0 Å². The van der Waals surface area contributed by atoms with Crippen LogP contribution in [-0.4, -0.2) is 0 Å². The number of fused-ring (bicyclic) bond motifs is 4. The summed E-state index contributed by atoms with van der Waals surface area (Å²) in [4.78, 5) is 0. The third-order valence-corrected chi connectivity index (χ3v) is 16.2. The summed E-state index contributed by atoms with van der Waals surface area (Å²) < 4.78 is 0. The minimum absolute atomic E-state index is 0. The first-order valence-electron chi connectivity index (χ1n) is 28.0. The van der Waals surface area contributed by atoms with Crippen molar-refractivity contribution in [2.45, 2.75) is 86.5 Å². The maximum atomic E-state index is 3.48. The van der Waals surface area contributed by atoms with Crippen molar-refractivity contribution >= 4 is 81.5 Å². The van der Waals surface area contributed by atoms with Crippen molar-refractivity contribution in [3.63, 3.8) is 0 Å². The molecule has 0 fully saturated rings. The zero-order valence-corrected chi connectivity index (χ0v) is 49.3. The van der Waals surface area contributed by atoms with Gasteiger partial charge in [0, 0.05) is 32.7 Å². The Morgan fingerprint density at radius 3 is 1.62 bits per heavy atom. The Kier molecular flexibility index (Phi) is 16.8. The Morgan fingerprint density at radius 1 is 0.462 bits per heavy atom. The van der Waals surface area contributed by atoms with Crippen LogP contribution in [0.15, 0.2) is 224 Å². The van der Waals surface area contributed by atoms with E-state index < -0.39 is 0 Å². The Hall–Kier alpha value is -7.22. The summed E-state index contributed by atoms with van der Waals surface area (Å²) in [6.07, 6.45) is 18.9. The fourth-order valence-corrected chi connectivity index (χ4v) is 12.5. The average molecular weight is 1080 g/mol. The minimum Gasteiger partial charge on any atom is -0.147 e. The van der Waals surface area contributed by atoms with E-state index in [9.17, 15) is 0 Å². The monoisotopic (exact) mass is 1080 g/mol. The summed E-state index contributed by atoms with van der Waals surface area (Å²) in [5, 5.41) is 19.0. The van der Waals surface area contributed by atoms with Crippen LogP contribution < -0.4 is 0 Å². The first kappa shape index (κ1) is 54.2. The number of hydrogen-bond donors (Lipinski definition) is 0. The van der Waals surface area contributed by atoms with E-state index in [4.69, 9.17) is 0 Å². The third-order valence-electron chi connectivity index (χ3n) is 16.2. The summed E-state index contributed by atoms with van der Waals surface area (Å²) in [6, 6.07) is 72.4.